The molecule has 0 atom stereocenters. The van der Waals surface area contributed by atoms with Crippen molar-refractivity contribution in [1.29, 1.82) is 0 Å². The quantitative estimate of drug-likeness (QED) is 0.481. The van der Waals surface area contributed by atoms with E-state index in [0.717, 1.165) is 21.9 Å². The van der Waals surface area contributed by atoms with E-state index in [9.17, 15) is 5.11 Å². The molecule has 4 nitrogen and oxygen atoms in total. The van der Waals surface area contributed by atoms with Crippen LogP contribution in [0.15, 0.2) is 54.6 Å². The van der Waals surface area contributed by atoms with Crippen molar-refractivity contribution in [2.75, 3.05) is 5.32 Å². The van der Waals surface area contributed by atoms with Crippen molar-refractivity contribution in [3.8, 4) is 5.75 Å². The zero-order valence-electron chi connectivity index (χ0n) is 14.7. The number of hydrogen-bond acceptors (Lipinski definition) is 5. The van der Waals surface area contributed by atoms with Gasteiger partial charge in [-0.25, -0.2) is 9.97 Å². The lowest BCUT2D eigenvalue weighted by Gasteiger charge is -2.11. The molecule has 26 heavy (non-hydrogen) atoms. The first-order valence-corrected chi connectivity index (χ1v) is 9.29. The average molecular weight is 361 g/mol. The summed E-state index contributed by atoms with van der Waals surface area (Å²) in [4.78, 5) is 11.8. The Hall–Kier alpha value is -2.92. The molecule has 0 radical (unpaired) electrons. The third kappa shape index (κ3) is 3.13. The van der Waals surface area contributed by atoms with Crippen molar-refractivity contribution in [2.45, 2.75) is 20.3 Å². The van der Waals surface area contributed by atoms with Crippen LogP contribution in [0, 0.1) is 13.8 Å². The van der Waals surface area contributed by atoms with Crippen molar-refractivity contribution in [1.82, 2.24) is 9.97 Å². The van der Waals surface area contributed by atoms with Gasteiger partial charge in [0.25, 0.3) is 0 Å². The van der Waals surface area contributed by atoms with Crippen LogP contribution in [0.5, 0.6) is 5.75 Å². The summed E-state index contributed by atoms with van der Waals surface area (Å²) in [6, 6.07) is 17.4. The van der Waals surface area contributed by atoms with Gasteiger partial charge >= 0.3 is 0 Å². The van der Waals surface area contributed by atoms with E-state index in [2.05, 4.69) is 31.3 Å². The number of phenolic OH excluding ortho intramolecular Hbond substituents is 1. The summed E-state index contributed by atoms with van der Waals surface area (Å²) in [6.07, 6.45) is 0.669. The van der Waals surface area contributed by atoms with Crippen molar-refractivity contribution in [2.24, 2.45) is 0 Å². The average Bonchev–Trinajstić information content (AvgIpc) is 2.92. The van der Waals surface area contributed by atoms with E-state index in [1.54, 1.807) is 23.5 Å². The van der Waals surface area contributed by atoms with Crippen LogP contribution in [0.1, 0.15) is 21.8 Å². The largest absolute Gasteiger partial charge is 0.506 e. The van der Waals surface area contributed by atoms with Gasteiger partial charge in [-0.3, -0.25) is 0 Å². The van der Waals surface area contributed by atoms with Gasteiger partial charge in [0.15, 0.2) is 0 Å². The highest BCUT2D eigenvalue weighted by Crippen LogP contribution is 2.36. The Morgan fingerprint density at radius 3 is 2.46 bits per heavy atom. The number of benzene rings is 2. The van der Waals surface area contributed by atoms with Crippen LogP contribution in [-0.4, -0.2) is 15.1 Å². The number of aromatic nitrogens is 2. The molecule has 4 aromatic rings. The minimum atomic E-state index is 0.202. The van der Waals surface area contributed by atoms with Gasteiger partial charge in [0.2, 0.25) is 0 Å². The maximum atomic E-state index is 10.1. The number of para-hydroxylation sites is 2. The summed E-state index contributed by atoms with van der Waals surface area (Å²) in [5.41, 5.74) is 2.99. The van der Waals surface area contributed by atoms with Gasteiger partial charge in [-0.2, -0.15) is 0 Å². The van der Waals surface area contributed by atoms with Crippen molar-refractivity contribution in [3.63, 3.8) is 0 Å². The lowest BCUT2D eigenvalue weighted by molar-refractivity contribution is 0.477. The van der Waals surface area contributed by atoms with Crippen LogP contribution in [-0.2, 0) is 6.42 Å². The molecule has 0 spiro atoms. The molecule has 0 aliphatic rings. The molecule has 0 saturated carbocycles. The molecular formula is C21H19N3OS. The topological polar surface area (TPSA) is 58.0 Å². The highest BCUT2D eigenvalue weighted by Gasteiger charge is 2.16. The summed E-state index contributed by atoms with van der Waals surface area (Å²) < 4.78 is 0. The minimum absolute atomic E-state index is 0.202. The standard InChI is InChI=1S/C21H19N3OS/c1-13-14(2)26-21-19(13)20(22-16-10-6-7-11-17(16)25)23-18(24-21)12-15-8-4-3-5-9-15/h3-11,25H,12H2,1-2H3,(H,22,23,24). The number of nitrogens with zero attached hydrogens (tertiary/aromatic N) is 2. The van der Waals surface area contributed by atoms with Crippen LogP contribution >= 0.6 is 11.3 Å². The van der Waals surface area contributed by atoms with E-state index >= 15 is 0 Å². The molecule has 130 valence electrons. The summed E-state index contributed by atoms with van der Waals surface area (Å²) >= 11 is 1.68. The Balaban J connectivity index is 1.82. The zero-order chi connectivity index (χ0) is 18.1. The summed E-state index contributed by atoms with van der Waals surface area (Å²) in [5.74, 6) is 1.71. The molecule has 0 aliphatic heterocycles. The van der Waals surface area contributed by atoms with Gasteiger partial charge < -0.3 is 10.4 Å². The second-order valence-corrected chi connectivity index (χ2v) is 7.46. The lowest BCUT2D eigenvalue weighted by Crippen LogP contribution is -2.02. The third-order valence-corrected chi connectivity index (χ3v) is 5.54. The molecule has 5 heteroatoms. The Kier molecular flexibility index (Phi) is 4.31. The van der Waals surface area contributed by atoms with Gasteiger partial charge in [0.05, 0.1) is 11.1 Å². The number of rotatable bonds is 4. The van der Waals surface area contributed by atoms with E-state index in [4.69, 9.17) is 9.97 Å². The molecule has 2 aromatic heterocycles. The first-order chi connectivity index (χ1) is 12.6. The summed E-state index contributed by atoms with van der Waals surface area (Å²) in [5, 5.41) is 14.4. The smallest absolute Gasteiger partial charge is 0.143 e. The van der Waals surface area contributed by atoms with Crippen molar-refractivity contribution >= 4 is 33.1 Å². The van der Waals surface area contributed by atoms with E-state index < -0.39 is 0 Å². The van der Waals surface area contributed by atoms with E-state index in [1.165, 1.54) is 16.0 Å². The number of thiophene rings is 1. The van der Waals surface area contributed by atoms with Crippen LogP contribution < -0.4 is 5.32 Å². The number of anilines is 2. The Bertz CT molecular complexity index is 1070. The number of phenols is 1. The second kappa shape index (κ2) is 6.77. The van der Waals surface area contributed by atoms with E-state index in [1.807, 2.05) is 30.3 Å². The number of aryl methyl sites for hydroxylation is 2. The molecule has 4 rings (SSSR count). The Morgan fingerprint density at radius 2 is 1.69 bits per heavy atom. The minimum Gasteiger partial charge on any atom is -0.506 e. The SMILES string of the molecule is Cc1sc2nc(Cc3ccccc3)nc(Nc3ccccc3O)c2c1C. The van der Waals surface area contributed by atoms with Gasteiger partial charge in [0, 0.05) is 11.3 Å². The van der Waals surface area contributed by atoms with Gasteiger partial charge in [-0.1, -0.05) is 42.5 Å². The van der Waals surface area contributed by atoms with Crippen LogP contribution in [0.2, 0.25) is 0 Å². The number of nitrogens with one attached hydrogen (secondary N) is 1. The monoisotopic (exact) mass is 361 g/mol. The molecule has 0 saturated heterocycles. The first kappa shape index (κ1) is 16.5. The van der Waals surface area contributed by atoms with E-state index in [0.29, 0.717) is 12.1 Å². The Labute approximate surface area is 156 Å². The maximum Gasteiger partial charge on any atom is 0.143 e. The fourth-order valence-corrected chi connectivity index (χ4v) is 4.00. The lowest BCUT2D eigenvalue weighted by atomic mass is 10.1. The van der Waals surface area contributed by atoms with Crippen molar-refractivity contribution in [3.05, 3.63) is 76.4 Å². The number of hydrogen-bond donors (Lipinski definition) is 2. The Morgan fingerprint density at radius 1 is 0.962 bits per heavy atom. The molecule has 0 unspecified atom stereocenters. The second-order valence-electron chi connectivity index (χ2n) is 6.26. The normalized spacial score (nSPS) is 11.0. The predicted octanol–water partition coefficient (Wildman–Crippen LogP) is 5.35. The van der Waals surface area contributed by atoms with Crippen LogP contribution in [0.25, 0.3) is 10.2 Å². The fourth-order valence-electron chi connectivity index (χ4n) is 2.95. The van der Waals surface area contributed by atoms with Gasteiger partial charge in [-0.05, 0) is 37.1 Å². The molecule has 0 aliphatic carbocycles. The fraction of sp³-hybridized carbons (Fsp3) is 0.143. The highest BCUT2D eigenvalue weighted by atomic mass is 32.1. The molecule has 2 N–H and O–H groups in total. The number of aromatic hydroxyl groups is 1. The zero-order valence-corrected chi connectivity index (χ0v) is 15.5. The highest BCUT2D eigenvalue weighted by molar-refractivity contribution is 7.18. The maximum absolute atomic E-state index is 10.1. The molecule has 0 bridgehead atoms. The van der Waals surface area contributed by atoms with Gasteiger partial charge in [-0.15, -0.1) is 11.3 Å². The van der Waals surface area contributed by atoms with Crippen LogP contribution in [0.3, 0.4) is 0 Å². The summed E-state index contributed by atoms with van der Waals surface area (Å²) in [6.45, 7) is 4.19. The third-order valence-electron chi connectivity index (χ3n) is 4.44. The van der Waals surface area contributed by atoms with Crippen molar-refractivity contribution < 1.29 is 5.11 Å². The number of fused-ring (bicyclic) bond motifs is 1. The molecular weight excluding hydrogens is 342 g/mol. The summed E-state index contributed by atoms with van der Waals surface area (Å²) in [7, 11) is 0. The van der Waals surface area contributed by atoms with Crippen LogP contribution in [0.4, 0.5) is 11.5 Å². The predicted molar refractivity (Wildman–Crippen MR) is 108 cm³/mol. The molecule has 2 aromatic carbocycles. The molecule has 2 heterocycles. The van der Waals surface area contributed by atoms with Gasteiger partial charge in [0.1, 0.15) is 22.2 Å². The molecule has 0 amide bonds. The molecule has 0 fully saturated rings. The first-order valence-electron chi connectivity index (χ1n) is 8.47. The van der Waals surface area contributed by atoms with E-state index in [-0.39, 0.29) is 5.75 Å².